The normalized spacial score (nSPS) is 11.3. The molecule has 0 atom stereocenters. The van der Waals surface area contributed by atoms with Crippen LogP contribution in [0.25, 0.3) is 11.4 Å². The number of hydrogen-bond donors (Lipinski definition) is 0. The summed E-state index contributed by atoms with van der Waals surface area (Å²) in [5.41, 5.74) is 2.01. The minimum absolute atomic E-state index is 0.204. The van der Waals surface area contributed by atoms with Crippen molar-refractivity contribution in [3.8, 4) is 11.4 Å². The molecular weight excluding hydrogens is 406 g/mol. The number of benzene rings is 2. The monoisotopic (exact) mass is 425 g/mol. The summed E-state index contributed by atoms with van der Waals surface area (Å²) in [6, 6.07) is 17.9. The van der Waals surface area contributed by atoms with Crippen LogP contribution in [-0.4, -0.2) is 24.9 Å². The lowest BCUT2D eigenvalue weighted by molar-refractivity contribution is 0.362. The van der Waals surface area contributed by atoms with E-state index in [4.69, 9.17) is 16.1 Å². The fourth-order valence-corrected chi connectivity index (χ4v) is 3.84. The zero-order valence-corrected chi connectivity index (χ0v) is 17.7. The number of hydrogen-bond acceptors (Lipinski definition) is 6. The van der Waals surface area contributed by atoms with Crippen molar-refractivity contribution in [3.63, 3.8) is 0 Å². The van der Waals surface area contributed by atoms with Crippen LogP contribution in [0.5, 0.6) is 0 Å². The third kappa shape index (κ3) is 4.52. The van der Waals surface area contributed by atoms with Crippen LogP contribution in [0.4, 0.5) is 0 Å². The van der Waals surface area contributed by atoms with E-state index in [-0.39, 0.29) is 5.92 Å². The summed E-state index contributed by atoms with van der Waals surface area (Å²) in [5, 5.41) is 14.3. The molecule has 8 heteroatoms. The predicted molar refractivity (Wildman–Crippen MR) is 114 cm³/mol. The summed E-state index contributed by atoms with van der Waals surface area (Å²) in [4.78, 5) is 4.44. The van der Waals surface area contributed by atoms with Crippen molar-refractivity contribution in [2.45, 2.75) is 37.2 Å². The third-order valence-electron chi connectivity index (χ3n) is 4.32. The fourth-order valence-electron chi connectivity index (χ4n) is 2.84. The van der Waals surface area contributed by atoms with Gasteiger partial charge in [-0.05, 0) is 17.7 Å². The SMILES string of the molecule is CC(C)c1nc(CSc2nnc(-c3ccccc3Cl)n2Cc2ccccc2)no1. The van der Waals surface area contributed by atoms with Crippen molar-refractivity contribution in [2.75, 3.05) is 0 Å². The lowest BCUT2D eigenvalue weighted by atomic mass is 10.2. The van der Waals surface area contributed by atoms with Gasteiger partial charge in [0.15, 0.2) is 16.8 Å². The molecule has 0 aliphatic carbocycles. The molecule has 4 aromatic rings. The Morgan fingerprint density at radius 3 is 2.52 bits per heavy atom. The second-order valence-electron chi connectivity index (χ2n) is 6.85. The maximum Gasteiger partial charge on any atom is 0.229 e. The predicted octanol–water partition coefficient (Wildman–Crippen LogP) is 5.45. The Balaban J connectivity index is 1.64. The maximum atomic E-state index is 6.43. The Labute approximate surface area is 178 Å². The molecule has 0 unspecified atom stereocenters. The molecule has 0 fully saturated rings. The van der Waals surface area contributed by atoms with Crippen molar-refractivity contribution in [1.29, 1.82) is 0 Å². The molecule has 4 rings (SSSR count). The van der Waals surface area contributed by atoms with Crippen LogP contribution in [-0.2, 0) is 12.3 Å². The van der Waals surface area contributed by atoms with Crippen molar-refractivity contribution >= 4 is 23.4 Å². The first-order valence-electron chi connectivity index (χ1n) is 9.29. The molecule has 0 spiro atoms. The number of rotatable bonds is 7. The van der Waals surface area contributed by atoms with Gasteiger partial charge in [-0.15, -0.1) is 10.2 Å². The van der Waals surface area contributed by atoms with E-state index in [0.29, 0.717) is 29.0 Å². The molecule has 0 bridgehead atoms. The zero-order chi connectivity index (χ0) is 20.2. The van der Waals surface area contributed by atoms with Crippen molar-refractivity contribution in [2.24, 2.45) is 0 Å². The van der Waals surface area contributed by atoms with Crippen LogP contribution < -0.4 is 0 Å². The largest absolute Gasteiger partial charge is 0.339 e. The first-order valence-corrected chi connectivity index (χ1v) is 10.7. The van der Waals surface area contributed by atoms with Gasteiger partial charge >= 0.3 is 0 Å². The quantitative estimate of drug-likeness (QED) is 0.367. The molecule has 148 valence electrons. The minimum atomic E-state index is 0.204. The molecule has 6 nitrogen and oxygen atoms in total. The molecular formula is C21H20ClN5OS. The van der Waals surface area contributed by atoms with Gasteiger partial charge in [0.2, 0.25) is 5.89 Å². The van der Waals surface area contributed by atoms with Gasteiger partial charge in [-0.3, -0.25) is 4.57 Å². The van der Waals surface area contributed by atoms with Crippen molar-refractivity contribution in [3.05, 3.63) is 76.9 Å². The maximum absolute atomic E-state index is 6.43. The van der Waals surface area contributed by atoms with Gasteiger partial charge in [-0.25, -0.2) is 0 Å². The van der Waals surface area contributed by atoms with Crippen LogP contribution in [0.1, 0.15) is 37.0 Å². The molecule has 2 heterocycles. The summed E-state index contributed by atoms with van der Waals surface area (Å²) in [6.07, 6.45) is 0. The van der Waals surface area contributed by atoms with Crippen LogP contribution in [0.15, 0.2) is 64.3 Å². The van der Waals surface area contributed by atoms with Gasteiger partial charge in [0.05, 0.1) is 17.3 Å². The van der Waals surface area contributed by atoms with E-state index in [9.17, 15) is 0 Å². The molecule has 0 radical (unpaired) electrons. The highest BCUT2D eigenvalue weighted by Crippen LogP contribution is 2.31. The van der Waals surface area contributed by atoms with E-state index < -0.39 is 0 Å². The average Bonchev–Trinajstić information content (AvgIpc) is 3.35. The summed E-state index contributed by atoms with van der Waals surface area (Å²) >= 11 is 7.96. The molecule has 0 saturated heterocycles. The molecule has 0 N–H and O–H groups in total. The smallest absolute Gasteiger partial charge is 0.229 e. The Hall–Kier alpha value is -2.64. The van der Waals surface area contributed by atoms with E-state index in [2.05, 4.69) is 37.0 Å². The number of thioether (sulfide) groups is 1. The standard InChI is InChI=1S/C21H20ClN5OS/c1-14(2)20-23-18(26-28-20)13-29-21-25-24-19(16-10-6-7-11-17(16)22)27(21)12-15-8-4-3-5-9-15/h3-11,14H,12-13H2,1-2H3. The lowest BCUT2D eigenvalue weighted by Crippen LogP contribution is -2.04. The van der Waals surface area contributed by atoms with E-state index in [1.165, 1.54) is 11.8 Å². The summed E-state index contributed by atoms with van der Waals surface area (Å²) < 4.78 is 7.37. The fraction of sp³-hybridized carbons (Fsp3) is 0.238. The van der Waals surface area contributed by atoms with Crippen LogP contribution >= 0.6 is 23.4 Å². The molecule has 2 aromatic carbocycles. The number of nitrogens with zero attached hydrogens (tertiary/aromatic N) is 5. The van der Waals surface area contributed by atoms with E-state index in [0.717, 1.165) is 22.1 Å². The lowest BCUT2D eigenvalue weighted by Gasteiger charge is -2.11. The summed E-state index contributed by atoms with van der Waals surface area (Å²) in [7, 11) is 0. The van der Waals surface area contributed by atoms with Crippen LogP contribution in [0.2, 0.25) is 5.02 Å². The minimum Gasteiger partial charge on any atom is -0.339 e. The second kappa shape index (κ2) is 8.80. The van der Waals surface area contributed by atoms with Gasteiger partial charge in [-0.2, -0.15) is 4.98 Å². The van der Waals surface area contributed by atoms with E-state index in [1.54, 1.807) is 0 Å². The van der Waals surface area contributed by atoms with Crippen LogP contribution in [0, 0.1) is 0 Å². The van der Waals surface area contributed by atoms with Gasteiger partial charge in [0.1, 0.15) is 0 Å². The molecule has 0 aliphatic rings. The number of aromatic nitrogens is 5. The summed E-state index contributed by atoms with van der Waals surface area (Å²) in [6.45, 7) is 4.69. The molecule has 2 aromatic heterocycles. The number of halogens is 1. The second-order valence-corrected chi connectivity index (χ2v) is 8.20. The van der Waals surface area contributed by atoms with Gasteiger partial charge in [0, 0.05) is 11.5 Å². The van der Waals surface area contributed by atoms with Gasteiger partial charge in [0.25, 0.3) is 0 Å². The molecule has 0 amide bonds. The van der Waals surface area contributed by atoms with E-state index >= 15 is 0 Å². The third-order valence-corrected chi connectivity index (χ3v) is 5.62. The highest BCUT2D eigenvalue weighted by molar-refractivity contribution is 7.98. The first-order chi connectivity index (χ1) is 14.1. The van der Waals surface area contributed by atoms with Crippen molar-refractivity contribution < 1.29 is 4.52 Å². The van der Waals surface area contributed by atoms with Crippen molar-refractivity contribution in [1.82, 2.24) is 24.9 Å². The van der Waals surface area contributed by atoms with E-state index in [1.807, 2.05) is 56.3 Å². The first kappa shape index (κ1) is 19.7. The van der Waals surface area contributed by atoms with Gasteiger partial charge < -0.3 is 4.52 Å². The molecule has 0 aliphatic heterocycles. The van der Waals surface area contributed by atoms with Gasteiger partial charge in [-0.1, -0.05) is 84.8 Å². The Bertz CT molecular complexity index is 1090. The molecule has 0 saturated carbocycles. The highest BCUT2D eigenvalue weighted by atomic mass is 35.5. The highest BCUT2D eigenvalue weighted by Gasteiger charge is 2.18. The van der Waals surface area contributed by atoms with Crippen LogP contribution in [0.3, 0.4) is 0 Å². The Kier molecular flexibility index (Phi) is 5.97. The average molecular weight is 426 g/mol. The Morgan fingerprint density at radius 1 is 1.03 bits per heavy atom. The summed E-state index contributed by atoms with van der Waals surface area (Å²) in [5.74, 6) is 2.77. The topological polar surface area (TPSA) is 69.6 Å². The zero-order valence-electron chi connectivity index (χ0n) is 16.1. The Morgan fingerprint density at radius 2 is 1.79 bits per heavy atom. The molecule has 29 heavy (non-hydrogen) atoms.